The summed E-state index contributed by atoms with van der Waals surface area (Å²) in [4.78, 5) is 0. The van der Waals surface area contributed by atoms with Crippen molar-refractivity contribution in [3.63, 3.8) is 0 Å². The molecule has 3 heteroatoms. The molecule has 0 spiro atoms. The zero-order chi connectivity index (χ0) is 6.62. The molecule has 0 aromatic heterocycles. The SMILES string of the molecule is CSC(C)(CF)CCl. The molecule has 0 amide bonds. The van der Waals surface area contributed by atoms with E-state index in [1.807, 2.05) is 13.2 Å². The van der Waals surface area contributed by atoms with Crippen LogP contribution < -0.4 is 0 Å². The lowest BCUT2D eigenvalue weighted by atomic mass is 10.2. The number of hydrogen-bond acceptors (Lipinski definition) is 1. The minimum atomic E-state index is -0.360. The van der Waals surface area contributed by atoms with Crippen molar-refractivity contribution in [2.45, 2.75) is 11.7 Å². The van der Waals surface area contributed by atoms with E-state index in [1.54, 1.807) is 0 Å². The van der Waals surface area contributed by atoms with Crippen LogP contribution in [0.15, 0.2) is 0 Å². The molecule has 0 radical (unpaired) electrons. The van der Waals surface area contributed by atoms with Crippen LogP contribution in [0, 0.1) is 0 Å². The van der Waals surface area contributed by atoms with Crippen molar-refractivity contribution in [3.8, 4) is 0 Å². The number of thioether (sulfide) groups is 1. The van der Waals surface area contributed by atoms with Gasteiger partial charge in [0.05, 0.1) is 4.75 Å². The number of halogens is 2. The summed E-state index contributed by atoms with van der Waals surface area (Å²) >= 11 is 6.91. The summed E-state index contributed by atoms with van der Waals surface area (Å²) in [5.41, 5.74) is 0. The normalized spacial score (nSPS) is 18.0. The highest BCUT2D eigenvalue weighted by Crippen LogP contribution is 2.23. The zero-order valence-corrected chi connectivity index (χ0v) is 6.65. The second-order valence-electron chi connectivity index (χ2n) is 1.92. The van der Waals surface area contributed by atoms with E-state index in [0.29, 0.717) is 5.88 Å². The molecular weight excluding hydrogens is 147 g/mol. The van der Waals surface area contributed by atoms with Gasteiger partial charge in [0.1, 0.15) is 6.67 Å². The molecule has 0 aliphatic carbocycles. The first-order chi connectivity index (χ1) is 3.68. The third kappa shape index (κ3) is 2.23. The highest BCUT2D eigenvalue weighted by Gasteiger charge is 2.20. The van der Waals surface area contributed by atoms with Crippen LogP contribution in [0.4, 0.5) is 4.39 Å². The number of hydrogen-bond donors (Lipinski definition) is 0. The van der Waals surface area contributed by atoms with Crippen LogP contribution in [0.3, 0.4) is 0 Å². The molecule has 0 rings (SSSR count). The largest absolute Gasteiger partial charge is 0.250 e. The van der Waals surface area contributed by atoms with Gasteiger partial charge in [0.25, 0.3) is 0 Å². The van der Waals surface area contributed by atoms with E-state index in [0.717, 1.165) is 0 Å². The Morgan fingerprint density at radius 3 is 2.25 bits per heavy atom. The predicted octanol–water partition coefficient (Wildman–Crippen LogP) is 2.32. The lowest BCUT2D eigenvalue weighted by molar-refractivity contribution is 0.434. The minimum absolute atomic E-state index is 0.350. The van der Waals surface area contributed by atoms with E-state index in [9.17, 15) is 4.39 Å². The average molecular weight is 157 g/mol. The van der Waals surface area contributed by atoms with E-state index < -0.39 is 0 Å². The lowest BCUT2D eigenvalue weighted by Gasteiger charge is -2.19. The van der Waals surface area contributed by atoms with Gasteiger partial charge in [-0.3, -0.25) is 0 Å². The van der Waals surface area contributed by atoms with E-state index in [2.05, 4.69) is 0 Å². The van der Waals surface area contributed by atoms with Crippen molar-refractivity contribution in [1.29, 1.82) is 0 Å². The molecule has 0 aliphatic heterocycles. The van der Waals surface area contributed by atoms with Crippen molar-refractivity contribution < 1.29 is 4.39 Å². The van der Waals surface area contributed by atoms with Crippen LogP contribution in [-0.2, 0) is 0 Å². The quantitative estimate of drug-likeness (QED) is 0.566. The van der Waals surface area contributed by atoms with Gasteiger partial charge >= 0.3 is 0 Å². The van der Waals surface area contributed by atoms with Crippen molar-refractivity contribution in [3.05, 3.63) is 0 Å². The van der Waals surface area contributed by atoms with Crippen LogP contribution >= 0.6 is 23.4 Å². The fraction of sp³-hybridized carbons (Fsp3) is 1.00. The average Bonchev–Trinajstić information content (AvgIpc) is 1.87. The summed E-state index contributed by atoms with van der Waals surface area (Å²) < 4.78 is 11.6. The van der Waals surface area contributed by atoms with Crippen molar-refractivity contribution in [2.75, 3.05) is 18.8 Å². The second-order valence-corrected chi connectivity index (χ2v) is 3.58. The molecule has 0 aliphatic rings. The van der Waals surface area contributed by atoms with E-state index in [4.69, 9.17) is 11.6 Å². The van der Waals surface area contributed by atoms with Gasteiger partial charge in [-0.1, -0.05) is 0 Å². The Morgan fingerprint density at radius 2 is 2.25 bits per heavy atom. The molecule has 8 heavy (non-hydrogen) atoms. The zero-order valence-electron chi connectivity index (χ0n) is 5.08. The van der Waals surface area contributed by atoms with Gasteiger partial charge in [0, 0.05) is 5.88 Å². The predicted molar refractivity (Wildman–Crippen MR) is 38.6 cm³/mol. The summed E-state index contributed by atoms with van der Waals surface area (Å²) in [5.74, 6) is 0.380. The summed E-state index contributed by atoms with van der Waals surface area (Å²) in [6.07, 6.45) is 1.86. The molecule has 0 fully saturated rings. The molecule has 1 atom stereocenters. The standard InChI is InChI=1S/C5H10ClFS/c1-5(3-6,4-7)8-2/h3-4H2,1-2H3. The molecule has 0 heterocycles. The summed E-state index contributed by atoms with van der Waals surface area (Å²) in [7, 11) is 0. The second kappa shape index (κ2) is 3.57. The monoisotopic (exact) mass is 156 g/mol. The van der Waals surface area contributed by atoms with Crippen LogP contribution in [0.25, 0.3) is 0 Å². The summed E-state index contributed by atoms with van der Waals surface area (Å²) in [5, 5.41) is 0. The van der Waals surface area contributed by atoms with Crippen LogP contribution in [-0.4, -0.2) is 23.6 Å². The van der Waals surface area contributed by atoms with Gasteiger partial charge in [0.15, 0.2) is 0 Å². The molecule has 0 bridgehead atoms. The van der Waals surface area contributed by atoms with Gasteiger partial charge in [0.2, 0.25) is 0 Å². The molecule has 50 valence electrons. The third-order valence-corrected chi connectivity index (χ3v) is 3.05. The molecule has 0 aromatic rings. The van der Waals surface area contributed by atoms with E-state index in [-0.39, 0.29) is 11.4 Å². The molecule has 0 saturated heterocycles. The Hall–Kier alpha value is 0.570. The van der Waals surface area contributed by atoms with Gasteiger partial charge in [-0.25, -0.2) is 4.39 Å². The first-order valence-electron chi connectivity index (χ1n) is 2.35. The van der Waals surface area contributed by atoms with Crippen molar-refractivity contribution in [1.82, 2.24) is 0 Å². The summed E-state index contributed by atoms with van der Waals surface area (Å²) in [6.45, 7) is 1.46. The first-order valence-corrected chi connectivity index (χ1v) is 4.11. The maximum absolute atomic E-state index is 11.9. The molecule has 0 saturated carbocycles. The van der Waals surface area contributed by atoms with Gasteiger partial charge in [-0.2, -0.15) is 11.8 Å². The Labute approximate surface area is 58.8 Å². The number of alkyl halides is 2. The highest BCUT2D eigenvalue weighted by molar-refractivity contribution is 8.00. The molecule has 0 aromatic carbocycles. The Kier molecular flexibility index (Phi) is 3.82. The highest BCUT2D eigenvalue weighted by atomic mass is 35.5. The Bertz CT molecular complexity index is 55.2. The fourth-order valence-electron chi connectivity index (χ4n) is 0.145. The Balaban J connectivity index is 3.58. The fourth-order valence-corrected chi connectivity index (χ4v) is 0.762. The van der Waals surface area contributed by atoms with Crippen molar-refractivity contribution in [2.24, 2.45) is 0 Å². The molecule has 0 N–H and O–H groups in total. The molecular formula is C5H10ClFS. The first kappa shape index (κ1) is 8.57. The third-order valence-electron chi connectivity index (χ3n) is 1.06. The molecule has 1 unspecified atom stereocenters. The topological polar surface area (TPSA) is 0 Å². The van der Waals surface area contributed by atoms with E-state index in [1.165, 1.54) is 11.8 Å². The minimum Gasteiger partial charge on any atom is -0.250 e. The Morgan fingerprint density at radius 1 is 1.75 bits per heavy atom. The van der Waals surface area contributed by atoms with Gasteiger partial charge < -0.3 is 0 Å². The van der Waals surface area contributed by atoms with Crippen LogP contribution in [0.5, 0.6) is 0 Å². The van der Waals surface area contributed by atoms with Crippen LogP contribution in [0.1, 0.15) is 6.92 Å². The lowest BCUT2D eigenvalue weighted by Crippen LogP contribution is -2.24. The van der Waals surface area contributed by atoms with Gasteiger partial charge in [-0.15, -0.1) is 11.6 Å². The maximum atomic E-state index is 11.9. The smallest absolute Gasteiger partial charge is 0.105 e. The van der Waals surface area contributed by atoms with Gasteiger partial charge in [-0.05, 0) is 13.2 Å². The van der Waals surface area contributed by atoms with Crippen LogP contribution in [0.2, 0.25) is 0 Å². The van der Waals surface area contributed by atoms with Crippen molar-refractivity contribution >= 4 is 23.4 Å². The summed E-state index contributed by atoms with van der Waals surface area (Å²) in [6, 6.07) is 0. The van der Waals surface area contributed by atoms with E-state index >= 15 is 0 Å². The maximum Gasteiger partial charge on any atom is 0.105 e. The number of rotatable bonds is 3. The molecule has 0 nitrogen and oxygen atoms in total.